The van der Waals surface area contributed by atoms with Crippen molar-refractivity contribution < 1.29 is 4.74 Å². The van der Waals surface area contributed by atoms with Gasteiger partial charge >= 0.3 is 0 Å². The lowest BCUT2D eigenvalue weighted by molar-refractivity contribution is 0.417. The lowest BCUT2D eigenvalue weighted by Crippen LogP contribution is -2.24. The summed E-state index contributed by atoms with van der Waals surface area (Å²) in [6, 6.07) is 28.7. The minimum Gasteiger partial charge on any atom is -0.495 e. The molecular formula is C25H21N3O. The first-order valence-corrected chi connectivity index (χ1v) is 9.60. The van der Waals surface area contributed by atoms with Crippen LogP contribution in [0.25, 0.3) is 21.9 Å². The van der Waals surface area contributed by atoms with Crippen molar-refractivity contribution in [2.75, 3.05) is 12.4 Å². The molecule has 1 aliphatic carbocycles. The fourth-order valence-corrected chi connectivity index (χ4v) is 4.12. The average Bonchev–Trinajstić information content (AvgIpc) is 3.08. The van der Waals surface area contributed by atoms with Gasteiger partial charge in [0.25, 0.3) is 0 Å². The number of nitrogens with one attached hydrogen (secondary N) is 1. The van der Waals surface area contributed by atoms with E-state index in [1.54, 1.807) is 7.11 Å². The van der Waals surface area contributed by atoms with E-state index < -0.39 is 0 Å². The third-order valence-electron chi connectivity index (χ3n) is 5.43. The van der Waals surface area contributed by atoms with Crippen LogP contribution in [0.5, 0.6) is 5.75 Å². The zero-order valence-electron chi connectivity index (χ0n) is 16.1. The summed E-state index contributed by atoms with van der Waals surface area (Å²) in [4.78, 5) is 4.86. The van der Waals surface area contributed by atoms with Gasteiger partial charge in [0.2, 0.25) is 0 Å². The Morgan fingerprint density at radius 3 is 2.14 bits per heavy atom. The summed E-state index contributed by atoms with van der Waals surface area (Å²) in [7, 11) is 1.66. The number of benzene rings is 4. The van der Waals surface area contributed by atoms with Gasteiger partial charge in [-0.25, -0.2) is 4.99 Å². The molecule has 0 unspecified atom stereocenters. The monoisotopic (exact) mass is 379 g/mol. The highest BCUT2D eigenvalue weighted by molar-refractivity contribution is 6.05. The number of ether oxygens (including phenoxy) is 1. The molecule has 0 saturated heterocycles. The average molecular weight is 379 g/mol. The smallest absolute Gasteiger partial charge is 0.194 e. The zero-order chi connectivity index (χ0) is 19.8. The molecule has 4 heteroatoms. The van der Waals surface area contributed by atoms with E-state index in [-0.39, 0.29) is 6.04 Å². The summed E-state index contributed by atoms with van der Waals surface area (Å²) in [5, 5.41) is 5.45. The second kappa shape index (κ2) is 6.99. The zero-order valence-corrected chi connectivity index (χ0v) is 16.1. The maximum atomic E-state index is 6.40. The van der Waals surface area contributed by atoms with Crippen LogP contribution >= 0.6 is 0 Å². The molecule has 0 aliphatic heterocycles. The molecular weight excluding hydrogens is 358 g/mol. The number of rotatable bonds is 3. The van der Waals surface area contributed by atoms with E-state index in [9.17, 15) is 0 Å². The molecule has 29 heavy (non-hydrogen) atoms. The number of nitrogens with two attached hydrogens (primary N) is 1. The van der Waals surface area contributed by atoms with E-state index in [0.717, 1.165) is 22.2 Å². The van der Waals surface area contributed by atoms with Gasteiger partial charge in [-0.15, -0.1) is 0 Å². The van der Waals surface area contributed by atoms with E-state index in [2.05, 4.69) is 47.8 Å². The Labute approximate surface area is 169 Å². The molecule has 4 aromatic rings. The molecule has 4 nitrogen and oxygen atoms in total. The first-order valence-electron chi connectivity index (χ1n) is 9.60. The highest BCUT2D eigenvalue weighted by Crippen LogP contribution is 2.45. The summed E-state index contributed by atoms with van der Waals surface area (Å²) in [6.07, 6.45) is 0. The molecule has 0 atom stereocenters. The number of fused-ring (bicyclic) bond motifs is 4. The van der Waals surface area contributed by atoms with Crippen molar-refractivity contribution >= 4 is 22.4 Å². The summed E-state index contributed by atoms with van der Waals surface area (Å²) in [5.74, 6) is 1.09. The molecule has 0 spiro atoms. The van der Waals surface area contributed by atoms with Crippen LogP contribution in [-0.2, 0) is 0 Å². The SMILES string of the molecule is COc1ccc2ccccc2c1NC(N)=NC1c2ccccc2-c2ccccc21. The third-order valence-corrected chi connectivity index (χ3v) is 5.43. The summed E-state index contributed by atoms with van der Waals surface area (Å²) >= 11 is 0. The lowest BCUT2D eigenvalue weighted by atomic mass is 10.1. The molecule has 4 aromatic carbocycles. The van der Waals surface area contributed by atoms with Crippen molar-refractivity contribution in [3.63, 3.8) is 0 Å². The molecule has 0 bridgehead atoms. The largest absolute Gasteiger partial charge is 0.495 e. The quantitative estimate of drug-likeness (QED) is 0.373. The van der Waals surface area contributed by atoms with E-state index in [0.29, 0.717) is 5.96 Å². The molecule has 0 fully saturated rings. The molecule has 0 saturated carbocycles. The van der Waals surface area contributed by atoms with Gasteiger partial charge in [-0.3, -0.25) is 0 Å². The van der Waals surface area contributed by atoms with Crippen molar-refractivity contribution in [2.45, 2.75) is 6.04 Å². The van der Waals surface area contributed by atoms with Crippen molar-refractivity contribution in [1.82, 2.24) is 0 Å². The van der Waals surface area contributed by atoms with Gasteiger partial charge in [-0.2, -0.15) is 0 Å². The highest BCUT2D eigenvalue weighted by atomic mass is 16.5. The predicted molar refractivity (Wildman–Crippen MR) is 119 cm³/mol. The third kappa shape index (κ3) is 2.90. The van der Waals surface area contributed by atoms with Gasteiger partial charge in [0.1, 0.15) is 11.8 Å². The number of aliphatic imine (C=N–C) groups is 1. The van der Waals surface area contributed by atoms with Crippen molar-refractivity contribution in [3.05, 3.63) is 96.1 Å². The fourth-order valence-electron chi connectivity index (χ4n) is 4.12. The molecule has 0 amide bonds. The molecule has 0 radical (unpaired) electrons. The van der Waals surface area contributed by atoms with Crippen molar-refractivity contribution in [3.8, 4) is 16.9 Å². The molecule has 3 N–H and O–H groups in total. The maximum Gasteiger partial charge on any atom is 0.194 e. The minimum atomic E-state index is -0.129. The number of nitrogens with zero attached hydrogens (tertiary/aromatic N) is 1. The number of methoxy groups -OCH3 is 1. The lowest BCUT2D eigenvalue weighted by Gasteiger charge is -2.15. The standard InChI is InChI=1S/C25H21N3O/c1-29-22-15-14-16-8-2-3-9-17(16)24(22)28-25(26)27-23-20-12-6-4-10-18(20)19-11-5-7-13-21(19)23/h2-15,23H,1H3,(H3,26,27,28). The van der Waals surface area contributed by atoms with E-state index in [4.69, 9.17) is 15.5 Å². The van der Waals surface area contributed by atoms with Crippen molar-refractivity contribution in [1.29, 1.82) is 0 Å². The van der Waals surface area contributed by atoms with Gasteiger partial charge < -0.3 is 15.8 Å². The molecule has 1 aliphatic rings. The first-order chi connectivity index (χ1) is 14.3. The van der Waals surface area contributed by atoms with Gasteiger partial charge in [0.05, 0.1) is 12.8 Å². The number of hydrogen-bond acceptors (Lipinski definition) is 2. The Kier molecular flexibility index (Phi) is 4.17. The maximum absolute atomic E-state index is 6.40. The van der Waals surface area contributed by atoms with Gasteiger partial charge in [-0.1, -0.05) is 78.9 Å². The molecule has 142 valence electrons. The van der Waals surface area contributed by atoms with Crippen LogP contribution in [0.2, 0.25) is 0 Å². The predicted octanol–water partition coefficient (Wildman–Crippen LogP) is 5.35. The number of guanidine groups is 1. The first kappa shape index (κ1) is 17.3. The van der Waals surface area contributed by atoms with Gasteiger partial charge in [-0.05, 0) is 33.7 Å². The Morgan fingerprint density at radius 2 is 1.45 bits per heavy atom. The van der Waals surface area contributed by atoms with E-state index in [1.165, 1.54) is 22.3 Å². The van der Waals surface area contributed by atoms with E-state index >= 15 is 0 Å². The van der Waals surface area contributed by atoms with Crippen LogP contribution in [-0.4, -0.2) is 13.1 Å². The van der Waals surface area contributed by atoms with Crippen LogP contribution < -0.4 is 15.8 Å². The second-order valence-corrected chi connectivity index (χ2v) is 7.08. The normalized spacial score (nSPS) is 13.2. The molecule has 5 rings (SSSR count). The summed E-state index contributed by atoms with van der Waals surface area (Å²) in [6.45, 7) is 0. The Morgan fingerprint density at radius 1 is 0.828 bits per heavy atom. The van der Waals surface area contributed by atoms with Crippen LogP contribution in [0.15, 0.2) is 89.9 Å². The van der Waals surface area contributed by atoms with Crippen LogP contribution in [0.1, 0.15) is 17.2 Å². The van der Waals surface area contributed by atoms with Gasteiger partial charge in [0.15, 0.2) is 5.96 Å². The van der Waals surface area contributed by atoms with Crippen LogP contribution in [0.4, 0.5) is 5.69 Å². The topological polar surface area (TPSA) is 59.6 Å². The summed E-state index contributed by atoms with van der Waals surface area (Å²) < 4.78 is 5.56. The summed E-state index contributed by atoms with van der Waals surface area (Å²) in [5.41, 5.74) is 12.0. The van der Waals surface area contributed by atoms with Gasteiger partial charge in [0, 0.05) is 5.39 Å². The number of anilines is 1. The van der Waals surface area contributed by atoms with E-state index in [1.807, 2.05) is 42.5 Å². The Bertz CT molecular complexity index is 1200. The fraction of sp³-hybridized carbons (Fsp3) is 0.0800. The Hall–Kier alpha value is -3.79. The number of hydrogen-bond donors (Lipinski definition) is 2. The van der Waals surface area contributed by atoms with Crippen LogP contribution in [0, 0.1) is 0 Å². The Balaban J connectivity index is 1.58. The molecule has 0 aromatic heterocycles. The minimum absolute atomic E-state index is 0.129. The van der Waals surface area contributed by atoms with Crippen LogP contribution in [0.3, 0.4) is 0 Å². The molecule has 0 heterocycles. The second-order valence-electron chi connectivity index (χ2n) is 7.08. The van der Waals surface area contributed by atoms with Crippen molar-refractivity contribution in [2.24, 2.45) is 10.7 Å². The highest BCUT2D eigenvalue weighted by Gasteiger charge is 2.27.